The van der Waals surface area contributed by atoms with Gasteiger partial charge in [-0.3, -0.25) is 14.9 Å². The van der Waals surface area contributed by atoms with E-state index < -0.39 is 23.7 Å². The van der Waals surface area contributed by atoms with Crippen molar-refractivity contribution in [1.29, 1.82) is 0 Å². The number of barbiturate groups is 1. The molecule has 0 atom stereocenters. The normalized spacial score (nSPS) is 14.9. The summed E-state index contributed by atoms with van der Waals surface area (Å²) in [7, 11) is 0. The van der Waals surface area contributed by atoms with Crippen molar-refractivity contribution in [3.63, 3.8) is 0 Å². The summed E-state index contributed by atoms with van der Waals surface area (Å²) >= 11 is 10.1. The highest BCUT2D eigenvalue weighted by molar-refractivity contribution is 9.10. The molecular weight excluding hydrogens is 539 g/mol. The number of carbonyl (C=O) groups is 3. The summed E-state index contributed by atoms with van der Waals surface area (Å²) in [5.41, 5.74) is 1.55. The van der Waals surface area contributed by atoms with E-state index in [2.05, 4.69) is 21.2 Å². The Morgan fingerprint density at radius 3 is 2.51 bits per heavy atom. The molecular formula is C26H19BrClFN2O4. The maximum atomic E-state index is 14.3. The summed E-state index contributed by atoms with van der Waals surface area (Å²) in [6.07, 6.45) is 1.79. The van der Waals surface area contributed by atoms with Gasteiger partial charge >= 0.3 is 6.03 Å². The lowest BCUT2D eigenvalue weighted by atomic mass is 10.00. The topological polar surface area (TPSA) is 75.7 Å². The number of hydrogen-bond acceptors (Lipinski definition) is 4. The molecule has 1 aliphatic heterocycles. The molecule has 6 nitrogen and oxygen atoms in total. The van der Waals surface area contributed by atoms with Crippen molar-refractivity contribution in [2.45, 2.75) is 13.3 Å². The zero-order valence-corrected chi connectivity index (χ0v) is 20.8. The average Bonchev–Trinajstić information content (AvgIpc) is 2.81. The number of hydrogen-bond donors (Lipinski definition) is 1. The Balaban J connectivity index is 1.74. The van der Waals surface area contributed by atoms with Gasteiger partial charge in [0, 0.05) is 21.5 Å². The molecule has 1 heterocycles. The highest BCUT2D eigenvalue weighted by Gasteiger charge is 2.38. The smallest absolute Gasteiger partial charge is 0.336 e. The van der Waals surface area contributed by atoms with E-state index in [0.717, 1.165) is 21.7 Å². The lowest BCUT2D eigenvalue weighted by Crippen LogP contribution is -2.54. The molecule has 3 aromatic rings. The first-order valence-corrected chi connectivity index (χ1v) is 11.8. The quantitative estimate of drug-likeness (QED) is 0.303. The van der Waals surface area contributed by atoms with E-state index in [9.17, 15) is 18.8 Å². The number of anilines is 1. The maximum absolute atomic E-state index is 14.3. The van der Waals surface area contributed by atoms with E-state index in [4.69, 9.17) is 16.3 Å². The molecule has 1 N–H and O–H groups in total. The van der Waals surface area contributed by atoms with Crippen molar-refractivity contribution < 1.29 is 23.5 Å². The molecule has 1 aliphatic rings. The fourth-order valence-electron chi connectivity index (χ4n) is 3.68. The first-order chi connectivity index (χ1) is 16.8. The second-order valence-corrected chi connectivity index (χ2v) is 8.85. The van der Waals surface area contributed by atoms with E-state index in [0.29, 0.717) is 34.3 Å². The van der Waals surface area contributed by atoms with Gasteiger partial charge in [-0.05, 0) is 54.5 Å². The molecule has 9 heteroatoms. The van der Waals surface area contributed by atoms with Gasteiger partial charge in [0.25, 0.3) is 11.8 Å². The Morgan fingerprint density at radius 2 is 1.80 bits per heavy atom. The summed E-state index contributed by atoms with van der Waals surface area (Å²) in [4.78, 5) is 38.5. The van der Waals surface area contributed by atoms with E-state index in [-0.39, 0.29) is 11.3 Å². The first kappa shape index (κ1) is 24.6. The van der Waals surface area contributed by atoms with Crippen LogP contribution in [0.2, 0.25) is 5.02 Å². The Morgan fingerprint density at radius 1 is 1.09 bits per heavy atom. The minimum atomic E-state index is -1.03. The van der Waals surface area contributed by atoms with Crippen LogP contribution in [0.3, 0.4) is 0 Å². The van der Waals surface area contributed by atoms with Crippen LogP contribution >= 0.6 is 27.5 Å². The Labute approximate surface area is 214 Å². The third-order valence-electron chi connectivity index (χ3n) is 5.31. The lowest BCUT2D eigenvalue weighted by molar-refractivity contribution is -0.122. The fraction of sp³-hybridized carbons (Fsp3) is 0.115. The third kappa shape index (κ3) is 5.13. The van der Waals surface area contributed by atoms with E-state index in [1.54, 1.807) is 12.1 Å². The standard InChI is InChI=1S/C26H19BrClFN2O4/c1-2-35-23-13-15(12-20(28)17(23)14-16-7-3-4-8-19(16)27)11-18-24(32)30-26(34)31(25(18)33)22-10-6-5-9-21(22)29/h3-13H,2,14H2,1H3,(H,30,32,34)/b18-11-. The van der Waals surface area contributed by atoms with Crippen molar-refractivity contribution >= 4 is 57.1 Å². The minimum Gasteiger partial charge on any atom is -0.494 e. The van der Waals surface area contributed by atoms with Crippen molar-refractivity contribution in [2.75, 3.05) is 11.5 Å². The summed E-state index contributed by atoms with van der Waals surface area (Å²) in [5.74, 6) is -2.12. The van der Waals surface area contributed by atoms with Gasteiger partial charge in [-0.1, -0.05) is 57.9 Å². The zero-order chi connectivity index (χ0) is 25.1. The molecule has 3 aromatic carbocycles. The van der Waals surface area contributed by atoms with Gasteiger partial charge in [-0.2, -0.15) is 0 Å². The molecule has 0 unspecified atom stereocenters. The molecule has 1 saturated heterocycles. The maximum Gasteiger partial charge on any atom is 0.336 e. The van der Waals surface area contributed by atoms with Crippen LogP contribution in [0.5, 0.6) is 5.75 Å². The van der Waals surface area contributed by atoms with Crippen LogP contribution in [0.25, 0.3) is 6.08 Å². The molecule has 0 aromatic heterocycles. The second kappa shape index (κ2) is 10.4. The van der Waals surface area contributed by atoms with E-state index in [1.165, 1.54) is 24.3 Å². The summed E-state index contributed by atoms with van der Waals surface area (Å²) in [5, 5.41) is 2.46. The number of benzene rings is 3. The number of halogens is 3. The van der Waals surface area contributed by atoms with Crippen molar-refractivity contribution in [1.82, 2.24) is 5.32 Å². The van der Waals surface area contributed by atoms with E-state index >= 15 is 0 Å². The van der Waals surface area contributed by atoms with Gasteiger partial charge in [-0.15, -0.1) is 0 Å². The van der Waals surface area contributed by atoms with E-state index in [1.807, 2.05) is 31.2 Å². The van der Waals surface area contributed by atoms with Crippen molar-refractivity contribution in [3.05, 3.63) is 98.2 Å². The average molecular weight is 558 g/mol. The Bertz CT molecular complexity index is 1380. The van der Waals surface area contributed by atoms with Crippen LogP contribution in [0.15, 0.2) is 70.7 Å². The monoisotopic (exact) mass is 556 g/mol. The van der Waals surface area contributed by atoms with Gasteiger partial charge in [0.2, 0.25) is 0 Å². The highest BCUT2D eigenvalue weighted by Crippen LogP contribution is 2.34. The molecule has 1 fully saturated rings. The van der Waals surface area contributed by atoms with Gasteiger partial charge in [-0.25, -0.2) is 14.1 Å². The number of nitrogens with zero attached hydrogens (tertiary/aromatic N) is 1. The Hall–Kier alpha value is -3.49. The van der Waals surface area contributed by atoms with Crippen LogP contribution in [-0.2, 0) is 16.0 Å². The number of urea groups is 1. The van der Waals surface area contributed by atoms with Crippen molar-refractivity contribution in [2.24, 2.45) is 0 Å². The van der Waals surface area contributed by atoms with Crippen molar-refractivity contribution in [3.8, 4) is 5.75 Å². The van der Waals surface area contributed by atoms with Gasteiger partial charge < -0.3 is 4.74 Å². The number of rotatable bonds is 6. The summed E-state index contributed by atoms with van der Waals surface area (Å²) in [6, 6.07) is 15.3. The molecule has 0 bridgehead atoms. The molecule has 0 radical (unpaired) electrons. The molecule has 0 saturated carbocycles. The predicted octanol–water partition coefficient (Wildman–Crippen LogP) is 5.90. The predicted molar refractivity (Wildman–Crippen MR) is 135 cm³/mol. The fourth-order valence-corrected chi connectivity index (χ4v) is 4.39. The minimum absolute atomic E-state index is 0.259. The largest absolute Gasteiger partial charge is 0.494 e. The number of nitrogens with one attached hydrogen (secondary N) is 1. The second-order valence-electron chi connectivity index (χ2n) is 7.59. The number of amides is 4. The number of ether oxygens (including phenoxy) is 1. The van der Waals surface area contributed by atoms with Gasteiger partial charge in [0.1, 0.15) is 17.1 Å². The SMILES string of the molecule is CCOc1cc(/C=C2/C(=O)NC(=O)N(c3ccccc3F)C2=O)cc(Cl)c1Cc1ccccc1Br. The van der Waals surface area contributed by atoms with Crippen LogP contribution in [-0.4, -0.2) is 24.5 Å². The third-order valence-corrected chi connectivity index (χ3v) is 6.42. The molecule has 4 amide bonds. The Kier molecular flexibility index (Phi) is 7.33. The number of imide groups is 2. The highest BCUT2D eigenvalue weighted by atomic mass is 79.9. The summed E-state index contributed by atoms with van der Waals surface area (Å²) in [6.45, 7) is 2.20. The van der Waals surface area contributed by atoms with Gasteiger partial charge in [0.15, 0.2) is 0 Å². The molecule has 0 spiro atoms. The van der Waals surface area contributed by atoms with Crippen LogP contribution < -0.4 is 15.0 Å². The van der Waals surface area contributed by atoms with Crippen LogP contribution in [0.4, 0.5) is 14.9 Å². The summed E-state index contributed by atoms with van der Waals surface area (Å²) < 4.78 is 21.0. The van der Waals surface area contributed by atoms with Crippen LogP contribution in [0.1, 0.15) is 23.6 Å². The molecule has 178 valence electrons. The number of para-hydroxylation sites is 1. The molecule has 0 aliphatic carbocycles. The molecule has 4 rings (SSSR count). The van der Waals surface area contributed by atoms with Gasteiger partial charge in [0.05, 0.1) is 12.3 Å². The van der Waals surface area contributed by atoms with Crippen LogP contribution in [0, 0.1) is 5.82 Å². The number of carbonyl (C=O) groups excluding carboxylic acids is 3. The molecule has 35 heavy (non-hydrogen) atoms. The lowest BCUT2D eigenvalue weighted by Gasteiger charge is -2.26. The first-order valence-electron chi connectivity index (χ1n) is 10.6. The zero-order valence-electron chi connectivity index (χ0n) is 18.5.